The van der Waals surface area contributed by atoms with E-state index in [1.165, 1.54) is 26.4 Å². The van der Waals surface area contributed by atoms with Crippen LogP contribution < -0.4 is 19.1 Å². The van der Waals surface area contributed by atoms with Crippen LogP contribution in [0.1, 0.15) is 30.9 Å². The lowest BCUT2D eigenvalue weighted by Gasteiger charge is -2.26. The van der Waals surface area contributed by atoms with Crippen LogP contribution in [0.2, 0.25) is 0 Å². The predicted octanol–water partition coefficient (Wildman–Crippen LogP) is 4.97. The van der Waals surface area contributed by atoms with E-state index in [0.29, 0.717) is 17.4 Å². The molecule has 0 atom stereocenters. The van der Waals surface area contributed by atoms with Gasteiger partial charge < -0.3 is 14.8 Å². The minimum Gasteiger partial charge on any atom is -0.497 e. The minimum atomic E-state index is -4.08. The van der Waals surface area contributed by atoms with E-state index in [0.717, 1.165) is 15.4 Å². The van der Waals surface area contributed by atoms with Crippen molar-refractivity contribution in [2.75, 3.05) is 30.4 Å². The van der Waals surface area contributed by atoms with Crippen LogP contribution in [-0.2, 0) is 14.8 Å². The van der Waals surface area contributed by atoms with Gasteiger partial charge in [-0.25, -0.2) is 8.42 Å². The number of sulfonamides is 1. The molecule has 0 bridgehead atoms. The SMILES string of the molecule is COc1ccc(N(CC(=O)Nc2ccc(C(C)C)cc2)S(=O)(=O)c2ccc(C)cc2)c(OC)c1. The van der Waals surface area contributed by atoms with Gasteiger partial charge >= 0.3 is 0 Å². The van der Waals surface area contributed by atoms with Crippen LogP contribution in [0.15, 0.2) is 71.6 Å². The molecule has 0 saturated heterocycles. The number of methoxy groups -OCH3 is 2. The quantitative estimate of drug-likeness (QED) is 0.465. The van der Waals surface area contributed by atoms with Gasteiger partial charge in [0.05, 0.1) is 24.8 Å². The van der Waals surface area contributed by atoms with Gasteiger partial charge in [0.1, 0.15) is 18.0 Å². The highest BCUT2D eigenvalue weighted by Crippen LogP contribution is 2.35. The van der Waals surface area contributed by atoms with E-state index >= 15 is 0 Å². The molecule has 0 saturated carbocycles. The lowest BCUT2D eigenvalue weighted by Crippen LogP contribution is -2.38. The van der Waals surface area contributed by atoms with Gasteiger partial charge in [-0.3, -0.25) is 9.10 Å². The van der Waals surface area contributed by atoms with Gasteiger partial charge in [0, 0.05) is 11.8 Å². The summed E-state index contributed by atoms with van der Waals surface area (Å²) < 4.78 is 39.0. The van der Waals surface area contributed by atoms with Gasteiger partial charge in [-0.15, -0.1) is 0 Å². The highest BCUT2D eigenvalue weighted by atomic mass is 32.2. The molecule has 0 aromatic heterocycles. The summed E-state index contributed by atoms with van der Waals surface area (Å²) in [4.78, 5) is 13.1. The first kappa shape index (κ1) is 25.1. The molecule has 3 aromatic carbocycles. The fourth-order valence-corrected chi connectivity index (χ4v) is 4.84. The number of amides is 1. The largest absolute Gasteiger partial charge is 0.497 e. The molecule has 0 radical (unpaired) electrons. The van der Waals surface area contributed by atoms with Crippen LogP contribution in [-0.4, -0.2) is 35.1 Å². The van der Waals surface area contributed by atoms with Gasteiger partial charge in [0.25, 0.3) is 10.0 Å². The Kier molecular flexibility index (Phi) is 7.83. The smallest absolute Gasteiger partial charge is 0.264 e. The molecule has 0 aliphatic carbocycles. The topological polar surface area (TPSA) is 84.9 Å². The number of hydrogen-bond donors (Lipinski definition) is 1. The molecule has 0 aliphatic rings. The second-order valence-corrected chi connectivity index (χ2v) is 10.0. The molecule has 180 valence electrons. The third-order valence-electron chi connectivity index (χ3n) is 5.41. The van der Waals surface area contributed by atoms with Crippen molar-refractivity contribution < 1.29 is 22.7 Å². The van der Waals surface area contributed by atoms with Crippen LogP contribution >= 0.6 is 0 Å². The van der Waals surface area contributed by atoms with Crippen molar-refractivity contribution in [2.45, 2.75) is 31.6 Å². The van der Waals surface area contributed by atoms with E-state index in [1.807, 2.05) is 19.1 Å². The average molecular weight is 483 g/mol. The summed E-state index contributed by atoms with van der Waals surface area (Å²) >= 11 is 0. The van der Waals surface area contributed by atoms with Crippen molar-refractivity contribution in [1.82, 2.24) is 0 Å². The average Bonchev–Trinajstić information content (AvgIpc) is 2.82. The van der Waals surface area contributed by atoms with Gasteiger partial charge in [-0.2, -0.15) is 0 Å². The Bertz CT molecular complexity index is 1240. The Labute approximate surface area is 201 Å². The lowest BCUT2D eigenvalue weighted by atomic mass is 10.0. The molecule has 1 amide bonds. The molecule has 0 spiro atoms. The minimum absolute atomic E-state index is 0.0741. The van der Waals surface area contributed by atoms with Gasteiger partial charge in [0.15, 0.2) is 0 Å². The van der Waals surface area contributed by atoms with Gasteiger partial charge in [-0.05, 0) is 54.8 Å². The first-order valence-corrected chi connectivity index (χ1v) is 12.3. The van der Waals surface area contributed by atoms with Crippen LogP contribution in [0.25, 0.3) is 0 Å². The summed E-state index contributed by atoms with van der Waals surface area (Å²) in [5.74, 6) is 0.653. The zero-order valence-electron chi connectivity index (χ0n) is 20.0. The summed E-state index contributed by atoms with van der Waals surface area (Å²) in [7, 11) is -1.13. The molecule has 0 heterocycles. The number of carbonyl (C=O) groups is 1. The Morgan fingerprint density at radius 2 is 1.59 bits per heavy atom. The number of aryl methyl sites for hydroxylation is 1. The summed E-state index contributed by atoms with van der Waals surface area (Å²) in [6, 6.07) is 18.7. The molecule has 0 fully saturated rings. The van der Waals surface area contributed by atoms with Crippen LogP contribution in [0.5, 0.6) is 11.5 Å². The van der Waals surface area contributed by atoms with Crippen molar-refractivity contribution in [2.24, 2.45) is 0 Å². The molecule has 0 aliphatic heterocycles. The highest BCUT2D eigenvalue weighted by molar-refractivity contribution is 7.92. The number of nitrogens with one attached hydrogen (secondary N) is 1. The van der Waals surface area contributed by atoms with Crippen molar-refractivity contribution in [1.29, 1.82) is 0 Å². The third kappa shape index (κ3) is 5.69. The third-order valence-corrected chi connectivity index (χ3v) is 7.19. The Morgan fingerprint density at radius 3 is 2.15 bits per heavy atom. The maximum Gasteiger partial charge on any atom is 0.264 e. The molecular weight excluding hydrogens is 452 g/mol. The zero-order valence-corrected chi connectivity index (χ0v) is 20.8. The van der Waals surface area contributed by atoms with Crippen molar-refractivity contribution in [3.63, 3.8) is 0 Å². The summed E-state index contributed by atoms with van der Waals surface area (Å²) in [6.45, 7) is 5.61. The van der Waals surface area contributed by atoms with E-state index in [4.69, 9.17) is 9.47 Å². The second kappa shape index (κ2) is 10.6. The van der Waals surface area contributed by atoms with E-state index in [1.54, 1.807) is 42.5 Å². The predicted molar refractivity (Wildman–Crippen MR) is 134 cm³/mol. The normalized spacial score (nSPS) is 11.2. The van der Waals surface area contributed by atoms with Crippen molar-refractivity contribution in [3.05, 3.63) is 77.9 Å². The van der Waals surface area contributed by atoms with Gasteiger partial charge in [0.2, 0.25) is 5.91 Å². The van der Waals surface area contributed by atoms with Crippen LogP contribution in [0, 0.1) is 6.92 Å². The maximum atomic E-state index is 13.6. The lowest BCUT2D eigenvalue weighted by molar-refractivity contribution is -0.114. The van der Waals surface area contributed by atoms with Gasteiger partial charge in [-0.1, -0.05) is 43.7 Å². The fourth-order valence-electron chi connectivity index (χ4n) is 3.41. The Morgan fingerprint density at radius 1 is 0.941 bits per heavy atom. The Balaban J connectivity index is 1.98. The van der Waals surface area contributed by atoms with Crippen LogP contribution in [0.4, 0.5) is 11.4 Å². The number of rotatable bonds is 9. The summed E-state index contributed by atoms with van der Waals surface area (Å²) in [5, 5.41) is 2.79. The highest BCUT2D eigenvalue weighted by Gasteiger charge is 2.29. The molecule has 3 aromatic rings. The van der Waals surface area contributed by atoms with E-state index in [9.17, 15) is 13.2 Å². The van der Waals surface area contributed by atoms with Crippen LogP contribution in [0.3, 0.4) is 0 Å². The summed E-state index contributed by atoms with van der Waals surface area (Å²) in [6.07, 6.45) is 0. The number of ether oxygens (including phenoxy) is 2. The molecule has 3 rings (SSSR count). The van der Waals surface area contributed by atoms with E-state index in [2.05, 4.69) is 19.2 Å². The zero-order chi connectivity index (χ0) is 24.9. The summed E-state index contributed by atoms with van der Waals surface area (Å²) in [5.41, 5.74) is 2.89. The maximum absolute atomic E-state index is 13.6. The first-order chi connectivity index (χ1) is 16.1. The second-order valence-electron chi connectivity index (χ2n) is 8.19. The van der Waals surface area contributed by atoms with Crippen molar-refractivity contribution >= 4 is 27.3 Å². The number of carbonyl (C=O) groups excluding carboxylic acids is 1. The number of benzene rings is 3. The fraction of sp³-hybridized carbons (Fsp3) is 0.269. The first-order valence-electron chi connectivity index (χ1n) is 10.9. The molecular formula is C26H30N2O5S. The molecule has 1 N–H and O–H groups in total. The molecule has 8 heteroatoms. The number of hydrogen-bond acceptors (Lipinski definition) is 5. The van der Waals surface area contributed by atoms with Crippen molar-refractivity contribution in [3.8, 4) is 11.5 Å². The number of anilines is 2. The Hall–Kier alpha value is -3.52. The van der Waals surface area contributed by atoms with E-state index < -0.39 is 22.5 Å². The standard InChI is InChI=1S/C26H30N2O5S/c1-18(2)20-8-10-21(11-9-20)27-26(29)17-28(24-15-12-22(32-4)16-25(24)33-5)34(30,31)23-13-6-19(3)7-14-23/h6-16,18H,17H2,1-5H3,(H,27,29). The molecule has 0 unspecified atom stereocenters. The number of nitrogens with zero attached hydrogens (tertiary/aromatic N) is 1. The monoisotopic (exact) mass is 482 g/mol. The molecule has 7 nitrogen and oxygen atoms in total. The molecule has 34 heavy (non-hydrogen) atoms. The van der Waals surface area contributed by atoms with E-state index in [-0.39, 0.29) is 16.3 Å².